The van der Waals surface area contributed by atoms with Crippen molar-refractivity contribution in [2.24, 2.45) is 0 Å². The summed E-state index contributed by atoms with van der Waals surface area (Å²) in [6.45, 7) is 4.28. The molecule has 0 saturated heterocycles. The summed E-state index contributed by atoms with van der Waals surface area (Å²) in [6, 6.07) is 15.4. The molecule has 0 saturated carbocycles. The van der Waals surface area contributed by atoms with Crippen LogP contribution in [-0.4, -0.2) is 5.75 Å². The Balaban J connectivity index is 2.52. The van der Waals surface area contributed by atoms with Crippen molar-refractivity contribution in [1.82, 2.24) is 0 Å². The Morgan fingerprint density at radius 2 is 1.71 bits per heavy atom. The first kappa shape index (κ1) is 12.3. The number of thiol groups is 1. The number of benzene rings is 2. The van der Waals surface area contributed by atoms with Crippen molar-refractivity contribution >= 4 is 12.6 Å². The van der Waals surface area contributed by atoms with Crippen LogP contribution in [0, 0.1) is 13.8 Å². The van der Waals surface area contributed by atoms with E-state index in [0.29, 0.717) is 0 Å². The minimum Gasteiger partial charge on any atom is -0.179 e. The van der Waals surface area contributed by atoms with Crippen molar-refractivity contribution in [2.75, 3.05) is 5.75 Å². The molecule has 0 radical (unpaired) electrons. The van der Waals surface area contributed by atoms with E-state index >= 15 is 0 Å². The average molecular weight is 242 g/mol. The summed E-state index contributed by atoms with van der Waals surface area (Å²) in [7, 11) is 0. The molecule has 0 aliphatic carbocycles. The highest BCUT2D eigenvalue weighted by molar-refractivity contribution is 7.80. The number of hydrogen-bond donors (Lipinski definition) is 1. The van der Waals surface area contributed by atoms with Crippen LogP contribution in [-0.2, 0) is 6.42 Å². The zero-order chi connectivity index (χ0) is 12.3. The smallest absolute Gasteiger partial charge is 0.00571 e. The van der Waals surface area contributed by atoms with Crippen LogP contribution in [0.1, 0.15) is 16.7 Å². The Morgan fingerprint density at radius 3 is 2.41 bits per heavy atom. The van der Waals surface area contributed by atoms with Crippen molar-refractivity contribution in [3.05, 3.63) is 59.2 Å². The van der Waals surface area contributed by atoms with Crippen LogP contribution in [0.15, 0.2) is 42.5 Å². The maximum absolute atomic E-state index is 4.34. The van der Waals surface area contributed by atoms with Crippen molar-refractivity contribution in [2.45, 2.75) is 20.3 Å². The molecule has 2 rings (SSSR count). The van der Waals surface area contributed by atoms with Crippen molar-refractivity contribution in [3.63, 3.8) is 0 Å². The lowest BCUT2D eigenvalue weighted by molar-refractivity contribution is 1.16. The molecule has 17 heavy (non-hydrogen) atoms. The Hall–Kier alpha value is -1.21. The lowest BCUT2D eigenvalue weighted by Crippen LogP contribution is -1.92. The normalized spacial score (nSPS) is 10.5. The molecule has 0 nitrogen and oxygen atoms in total. The fourth-order valence-corrected chi connectivity index (χ4v) is 2.35. The van der Waals surface area contributed by atoms with Gasteiger partial charge in [0.15, 0.2) is 0 Å². The molecule has 0 unspecified atom stereocenters. The van der Waals surface area contributed by atoms with Gasteiger partial charge < -0.3 is 0 Å². The van der Waals surface area contributed by atoms with E-state index in [1.54, 1.807) is 0 Å². The Kier molecular flexibility index (Phi) is 3.90. The van der Waals surface area contributed by atoms with Gasteiger partial charge in [-0.3, -0.25) is 0 Å². The standard InChI is InChI=1S/C16H18S/c1-12-4-3-5-15(10-12)16-11-13(2)6-7-14(16)8-9-17/h3-7,10-11,17H,8-9H2,1-2H3. The summed E-state index contributed by atoms with van der Waals surface area (Å²) in [4.78, 5) is 0. The van der Waals surface area contributed by atoms with Crippen LogP contribution in [0.3, 0.4) is 0 Å². The van der Waals surface area contributed by atoms with Gasteiger partial charge in [0.2, 0.25) is 0 Å². The highest BCUT2D eigenvalue weighted by atomic mass is 32.1. The third-order valence-electron chi connectivity index (χ3n) is 2.98. The van der Waals surface area contributed by atoms with E-state index in [0.717, 1.165) is 12.2 Å². The molecule has 88 valence electrons. The molecule has 1 heteroatoms. The fraction of sp³-hybridized carbons (Fsp3) is 0.250. The van der Waals surface area contributed by atoms with Gasteiger partial charge >= 0.3 is 0 Å². The van der Waals surface area contributed by atoms with E-state index in [-0.39, 0.29) is 0 Å². The van der Waals surface area contributed by atoms with Gasteiger partial charge in [-0.1, -0.05) is 53.6 Å². The molecular weight excluding hydrogens is 224 g/mol. The molecule has 0 aromatic heterocycles. The van der Waals surface area contributed by atoms with Gasteiger partial charge in [0.05, 0.1) is 0 Å². The fourth-order valence-electron chi connectivity index (χ4n) is 2.11. The molecule has 0 N–H and O–H groups in total. The number of hydrogen-bond acceptors (Lipinski definition) is 1. The molecule has 0 aliphatic heterocycles. The quantitative estimate of drug-likeness (QED) is 0.756. The predicted molar refractivity (Wildman–Crippen MR) is 78.9 cm³/mol. The maximum atomic E-state index is 4.34. The van der Waals surface area contributed by atoms with E-state index in [2.05, 4.69) is 68.9 Å². The molecule has 0 heterocycles. The van der Waals surface area contributed by atoms with Crippen LogP contribution in [0.5, 0.6) is 0 Å². The lowest BCUT2D eigenvalue weighted by atomic mass is 9.95. The zero-order valence-corrected chi connectivity index (χ0v) is 11.3. The second kappa shape index (κ2) is 5.42. The van der Waals surface area contributed by atoms with Crippen LogP contribution in [0.2, 0.25) is 0 Å². The average Bonchev–Trinajstić information content (AvgIpc) is 2.32. The SMILES string of the molecule is Cc1cccc(-c2cc(C)ccc2CCS)c1. The molecular formula is C16H18S. The first-order valence-corrected chi connectivity index (χ1v) is 6.61. The summed E-state index contributed by atoms with van der Waals surface area (Å²) < 4.78 is 0. The molecule has 0 fully saturated rings. The van der Waals surface area contributed by atoms with Crippen LogP contribution >= 0.6 is 12.6 Å². The van der Waals surface area contributed by atoms with E-state index in [9.17, 15) is 0 Å². The van der Waals surface area contributed by atoms with Crippen LogP contribution in [0.4, 0.5) is 0 Å². The highest BCUT2D eigenvalue weighted by Crippen LogP contribution is 2.26. The lowest BCUT2D eigenvalue weighted by Gasteiger charge is -2.10. The van der Waals surface area contributed by atoms with Gasteiger partial charge in [0, 0.05) is 0 Å². The molecule has 0 amide bonds. The minimum absolute atomic E-state index is 0.891. The van der Waals surface area contributed by atoms with Gasteiger partial charge in [-0.25, -0.2) is 0 Å². The van der Waals surface area contributed by atoms with Gasteiger partial charge in [0.1, 0.15) is 0 Å². The predicted octanol–water partition coefficient (Wildman–Crippen LogP) is 4.44. The monoisotopic (exact) mass is 242 g/mol. The van der Waals surface area contributed by atoms with Crippen molar-refractivity contribution in [3.8, 4) is 11.1 Å². The van der Waals surface area contributed by atoms with E-state index < -0.39 is 0 Å². The first-order chi connectivity index (χ1) is 8.20. The molecule has 0 aliphatic rings. The topological polar surface area (TPSA) is 0 Å². The Labute approximate surface area is 109 Å². The van der Waals surface area contributed by atoms with E-state index in [4.69, 9.17) is 0 Å². The van der Waals surface area contributed by atoms with Crippen LogP contribution < -0.4 is 0 Å². The largest absolute Gasteiger partial charge is 0.179 e. The summed E-state index contributed by atoms with van der Waals surface area (Å²) in [5, 5.41) is 0. The highest BCUT2D eigenvalue weighted by Gasteiger charge is 2.05. The summed E-state index contributed by atoms with van der Waals surface area (Å²) in [6.07, 6.45) is 1.02. The molecule has 2 aromatic rings. The first-order valence-electron chi connectivity index (χ1n) is 5.98. The molecule has 0 spiro atoms. The van der Waals surface area contributed by atoms with E-state index in [1.807, 2.05) is 0 Å². The van der Waals surface area contributed by atoms with Gasteiger partial charge in [0.25, 0.3) is 0 Å². The van der Waals surface area contributed by atoms with Gasteiger partial charge in [-0.15, -0.1) is 0 Å². The third kappa shape index (κ3) is 2.92. The Morgan fingerprint density at radius 1 is 0.941 bits per heavy atom. The number of rotatable bonds is 3. The van der Waals surface area contributed by atoms with Crippen LogP contribution in [0.25, 0.3) is 11.1 Å². The molecule has 2 aromatic carbocycles. The second-order valence-corrected chi connectivity index (χ2v) is 4.95. The third-order valence-corrected chi connectivity index (χ3v) is 3.20. The number of aryl methyl sites for hydroxylation is 3. The molecule has 0 bridgehead atoms. The van der Waals surface area contributed by atoms with Crippen molar-refractivity contribution < 1.29 is 0 Å². The Bertz CT molecular complexity index is 515. The summed E-state index contributed by atoms with van der Waals surface area (Å²) in [5.41, 5.74) is 6.66. The second-order valence-electron chi connectivity index (χ2n) is 4.50. The molecule has 0 atom stereocenters. The summed E-state index contributed by atoms with van der Waals surface area (Å²) in [5.74, 6) is 0.891. The van der Waals surface area contributed by atoms with Crippen molar-refractivity contribution in [1.29, 1.82) is 0 Å². The maximum Gasteiger partial charge on any atom is -0.00571 e. The van der Waals surface area contributed by atoms with Gasteiger partial charge in [-0.2, -0.15) is 12.6 Å². The zero-order valence-electron chi connectivity index (χ0n) is 10.4. The van der Waals surface area contributed by atoms with E-state index in [1.165, 1.54) is 27.8 Å². The van der Waals surface area contributed by atoms with Gasteiger partial charge in [-0.05, 0) is 42.7 Å². The summed E-state index contributed by atoms with van der Waals surface area (Å²) >= 11 is 4.34. The minimum atomic E-state index is 0.891.